The van der Waals surface area contributed by atoms with Crippen molar-refractivity contribution in [2.24, 2.45) is 0 Å². The molecule has 2 N–H and O–H groups in total. The van der Waals surface area contributed by atoms with Gasteiger partial charge in [-0.3, -0.25) is 4.79 Å². The molecule has 0 saturated carbocycles. The highest BCUT2D eigenvalue weighted by atomic mass is 19.1. The number of benzene rings is 2. The summed E-state index contributed by atoms with van der Waals surface area (Å²) in [6.07, 6.45) is -0.157. The molecule has 0 fully saturated rings. The van der Waals surface area contributed by atoms with Gasteiger partial charge >= 0.3 is 6.09 Å². The van der Waals surface area contributed by atoms with Crippen molar-refractivity contribution in [3.8, 4) is 5.75 Å². The van der Waals surface area contributed by atoms with Gasteiger partial charge in [0.15, 0.2) is 11.6 Å². The topological polar surface area (TPSA) is 76.7 Å². The molecule has 0 bridgehead atoms. The first kappa shape index (κ1) is 20.2. The molecular formula is C20H23FN2O4. The fourth-order valence-electron chi connectivity index (χ4n) is 2.19. The van der Waals surface area contributed by atoms with Crippen molar-refractivity contribution in [1.82, 2.24) is 10.6 Å². The minimum atomic E-state index is -0.735. The number of hydrogen-bond acceptors (Lipinski definition) is 4. The van der Waals surface area contributed by atoms with Crippen molar-refractivity contribution in [3.05, 3.63) is 66.0 Å². The number of carbonyl (C=O) groups is 2. The molecule has 0 aliphatic rings. The molecule has 0 radical (unpaired) electrons. The Morgan fingerprint density at radius 3 is 2.52 bits per heavy atom. The van der Waals surface area contributed by atoms with E-state index in [-0.39, 0.29) is 24.9 Å². The van der Waals surface area contributed by atoms with Crippen molar-refractivity contribution in [3.63, 3.8) is 0 Å². The second kappa shape index (κ2) is 10.8. The zero-order chi connectivity index (χ0) is 19.5. The van der Waals surface area contributed by atoms with Gasteiger partial charge in [-0.15, -0.1) is 0 Å². The van der Waals surface area contributed by atoms with Crippen LogP contribution in [0.1, 0.15) is 18.9 Å². The molecule has 0 aromatic heterocycles. The van der Waals surface area contributed by atoms with Crippen LogP contribution in [0, 0.1) is 5.82 Å². The maximum absolute atomic E-state index is 13.4. The van der Waals surface area contributed by atoms with Crippen molar-refractivity contribution >= 4 is 12.0 Å². The van der Waals surface area contributed by atoms with Crippen molar-refractivity contribution in [2.45, 2.75) is 26.0 Å². The number of amides is 2. The number of alkyl carbamates (subject to hydrolysis) is 1. The maximum atomic E-state index is 13.4. The van der Waals surface area contributed by atoms with E-state index in [1.54, 1.807) is 25.1 Å². The van der Waals surface area contributed by atoms with E-state index in [0.29, 0.717) is 13.0 Å². The van der Waals surface area contributed by atoms with Gasteiger partial charge in [0.2, 0.25) is 5.91 Å². The Labute approximate surface area is 157 Å². The molecule has 27 heavy (non-hydrogen) atoms. The lowest BCUT2D eigenvalue weighted by molar-refractivity contribution is -0.122. The minimum absolute atomic E-state index is 0.133. The molecule has 1 atom stereocenters. The van der Waals surface area contributed by atoms with E-state index >= 15 is 0 Å². The van der Waals surface area contributed by atoms with Crippen LogP contribution in [0.25, 0.3) is 0 Å². The van der Waals surface area contributed by atoms with Crippen LogP contribution in [0.15, 0.2) is 54.6 Å². The van der Waals surface area contributed by atoms with E-state index < -0.39 is 18.0 Å². The van der Waals surface area contributed by atoms with Crippen LogP contribution in [0.3, 0.4) is 0 Å². The smallest absolute Gasteiger partial charge is 0.408 e. The van der Waals surface area contributed by atoms with E-state index in [1.807, 2.05) is 30.3 Å². The molecule has 0 aliphatic heterocycles. The van der Waals surface area contributed by atoms with Gasteiger partial charge in [-0.2, -0.15) is 0 Å². The maximum Gasteiger partial charge on any atom is 0.408 e. The number of carbonyl (C=O) groups excluding carboxylic acids is 2. The number of hydrogen-bond donors (Lipinski definition) is 2. The van der Waals surface area contributed by atoms with E-state index in [0.717, 1.165) is 5.56 Å². The molecule has 6 nitrogen and oxygen atoms in total. The van der Waals surface area contributed by atoms with Crippen LogP contribution in [-0.2, 0) is 16.1 Å². The third-order valence-corrected chi connectivity index (χ3v) is 3.65. The highest BCUT2D eigenvalue weighted by Crippen LogP contribution is 2.15. The second-order valence-electron chi connectivity index (χ2n) is 5.85. The highest BCUT2D eigenvalue weighted by Gasteiger charge is 2.15. The van der Waals surface area contributed by atoms with Crippen LogP contribution < -0.4 is 15.4 Å². The van der Waals surface area contributed by atoms with Gasteiger partial charge in [0.05, 0.1) is 6.61 Å². The first-order valence-electron chi connectivity index (χ1n) is 8.68. The van der Waals surface area contributed by atoms with Crippen molar-refractivity contribution < 1.29 is 23.5 Å². The molecule has 2 aromatic rings. The largest absolute Gasteiger partial charge is 0.490 e. The zero-order valence-electron chi connectivity index (χ0n) is 15.1. The number of halogens is 1. The Hall–Kier alpha value is -3.09. The molecule has 0 aliphatic carbocycles. The van der Waals surface area contributed by atoms with Gasteiger partial charge in [-0.05, 0) is 31.0 Å². The summed E-state index contributed by atoms with van der Waals surface area (Å²) >= 11 is 0. The Balaban J connectivity index is 1.59. The van der Waals surface area contributed by atoms with Gasteiger partial charge in [0, 0.05) is 6.54 Å². The standard InChI is InChI=1S/C20H23FN2O4/c1-15(23-20(25)27-14-16-8-3-2-4-9-16)19(24)22-12-7-13-26-18-11-6-5-10-17(18)21/h2-6,8-11,15H,7,12-14H2,1H3,(H,22,24)(H,23,25)/t15-/m0/s1. The molecule has 144 valence electrons. The molecule has 7 heteroatoms. The SMILES string of the molecule is C[C@H](NC(=O)OCc1ccccc1)C(=O)NCCCOc1ccccc1F. The van der Waals surface area contributed by atoms with E-state index in [2.05, 4.69) is 10.6 Å². The van der Waals surface area contributed by atoms with Crippen LogP contribution in [-0.4, -0.2) is 31.2 Å². The molecule has 0 heterocycles. The molecular weight excluding hydrogens is 351 g/mol. The molecule has 2 rings (SSSR count). The minimum Gasteiger partial charge on any atom is -0.490 e. The fourth-order valence-corrected chi connectivity index (χ4v) is 2.19. The first-order chi connectivity index (χ1) is 13.1. The van der Waals surface area contributed by atoms with Crippen LogP contribution >= 0.6 is 0 Å². The van der Waals surface area contributed by atoms with Gasteiger partial charge in [0.25, 0.3) is 0 Å². The van der Waals surface area contributed by atoms with Crippen molar-refractivity contribution in [2.75, 3.05) is 13.2 Å². The summed E-state index contributed by atoms with van der Waals surface area (Å²) in [7, 11) is 0. The Morgan fingerprint density at radius 1 is 1.07 bits per heavy atom. The zero-order valence-corrected chi connectivity index (χ0v) is 15.1. The number of nitrogens with one attached hydrogen (secondary N) is 2. The number of ether oxygens (including phenoxy) is 2. The average molecular weight is 374 g/mol. The molecule has 0 spiro atoms. The summed E-state index contributed by atoms with van der Waals surface area (Å²) in [6.45, 7) is 2.31. The molecule has 0 saturated heterocycles. The average Bonchev–Trinajstić information content (AvgIpc) is 2.68. The Kier molecular flexibility index (Phi) is 8.09. The summed E-state index contributed by atoms with van der Waals surface area (Å²) in [5.41, 5.74) is 0.861. The summed E-state index contributed by atoms with van der Waals surface area (Å²) in [5, 5.41) is 5.15. The van der Waals surface area contributed by atoms with E-state index in [1.165, 1.54) is 6.07 Å². The summed E-state index contributed by atoms with van der Waals surface area (Å²) in [4.78, 5) is 23.7. The van der Waals surface area contributed by atoms with Gasteiger partial charge < -0.3 is 20.1 Å². The van der Waals surface area contributed by atoms with E-state index in [9.17, 15) is 14.0 Å². The molecule has 2 aromatic carbocycles. The lowest BCUT2D eigenvalue weighted by Crippen LogP contribution is -2.45. The van der Waals surface area contributed by atoms with Crippen LogP contribution in [0.2, 0.25) is 0 Å². The molecule has 0 unspecified atom stereocenters. The van der Waals surface area contributed by atoms with Crippen molar-refractivity contribution in [1.29, 1.82) is 0 Å². The van der Waals surface area contributed by atoms with Gasteiger partial charge in [-0.1, -0.05) is 42.5 Å². The normalized spacial score (nSPS) is 11.3. The molecule has 2 amide bonds. The van der Waals surface area contributed by atoms with Crippen LogP contribution in [0.4, 0.5) is 9.18 Å². The lowest BCUT2D eigenvalue weighted by atomic mass is 10.2. The number of para-hydroxylation sites is 1. The third-order valence-electron chi connectivity index (χ3n) is 3.65. The Morgan fingerprint density at radius 2 is 1.78 bits per heavy atom. The third kappa shape index (κ3) is 7.35. The first-order valence-corrected chi connectivity index (χ1v) is 8.68. The van der Waals surface area contributed by atoms with Gasteiger partial charge in [0.1, 0.15) is 12.6 Å². The lowest BCUT2D eigenvalue weighted by Gasteiger charge is -2.14. The van der Waals surface area contributed by atoms with E-state index in [4.69, 9.17) is 9.47 Å². The number of rotatable bonds is 9. The van der Waals surface area contributed by atoms with Crippen LogP contribution in [0.5, 0.6) is 5.75 Å². The predicted molar refractivity (Wildman–Crippen MR) is 98.7 cm³/mol. The van der Waals surface area contributed by atoms with Gasteiger partial charge in [-0.25, -0.2) is 9.18 Å². The monoisotopic (exact) mass is 374 g/mol. The quantitative estimate of drug-likeness (QED) is 0.662. The Bertz CT molecular complexity index is 740. The second-order valence-corrected chi connectivity index (χ2v) is 5.85. The fraction of sp³-hybridized carbons (Fsp3) is 0.300. The summed E-state index contributed by atoms with van der Waals surface area (Å²) in [5.74, 6) is -0.578. The highest BCUT2D eigenvalue weighted by molar-refractivity contribution is 5.85. The summed E-state index contributed by atoms with van der Waals surface area (Å²) < 4.78 is 23.7. The summed E-state index contributed by atoms with van der Waals surface area (Å²) in [6, 6.07) is 14.6. The predicted octanol–water partition coefficient (Wildman–Crippen LogP) is 3.03.